The molecule has 0 aliphatic carbocycles. The van der Waals surface area contributed by atoms with E-state index in [4.69, 9.17) is 4.74 Å². The maximum absolute atomic E-state index is 13.0. The average Bonchev–Trinajstić information content (AvgIpc) is 2.01. The molecule has 2 nitrogen and oxygen atoms in total. The van der Waals surface area contributed by atoms with Crippen molar-refractivity contribution >= 4 is 0 Å². The molecule has 0 aromatic carbocycles. The summed E-state index contributed by atoms with van der Waals surface area (Å²) >= 11 is 0. The smallest absolute Gasteiger partial charge is 0.276 e. The highest BCUT2D eigenvalue weighted by atomic mass is 19.3. The lowest BCUT2D eigenvalue weighted by molar-refractivity contribution is -0.873. The number of rotatable bonds is 2. The van der Waals surface area contributed by atoms with Gasteiger partial charge in [-0.2, -0.15) is 0 Å². The molecule has 1 saturated heterocycles. The zero-order chi connectivity index (χ0) is 10.3. The topological polar surface area (TPSA) is 9.23 Å². The summed E-state index contributed by atoms with van der Waals surface area (Å²) < 4.78 is 31.9. The molecule has 1 rings (SSSR count). The van der Waals surface area contributed by atoms with E-state index < -0.39 is 12.0 Å². The number of alkyl halides is 2. The summed E-state index contributed by atoms with van der Waals surface area (Å²) in [5, 5.41) is 0. The summed E-state index contributed by atoms with van der Waals surface area (Å²) in [6.45, 7) is 2.08. The van der Waals surface area contributed by atoms with Crippen LogP contribution in [0.3, 0.4) is 0 Å². The van der Waals surface area contributed by atoms with Gasteiger partial charge in [-0.15, -0.1) is 0 Å². The maximum Gasteiger partial charge on any atom is 0.276 e. The van der Waals surface area contributed by atoms with Gasteiger partial charge in [0.15, 0.2) is 0 Å². The lowest BCUT2D eigenvalue weighted by Crippen LogP contribution is -2.41. The predicted octanol–water partition coefficient (Wildman–Crippen LogP) is 1.51. The van der Waals surface area contributed by atoms with E-state index in [1.54, 1.807) is 0 Å². The van der Waals surface area contributed by atoms with Gasteiger partial charge in [-0.3, -0.25) is 0 Å². The Bertz CT molecular complexity index is 187. The van der Waals surface area contributed by atoms with Crippen LogP contribution >= 0.6 is 0 Å². The molecular formula is C9H18F2NO+. The van der Waals surface area contributed by atoms with Crippen LogP contribution < -0.4 is 0 Å². The summed E-state index contributed by atoms with van der Waals surface area (Å²) in [7, 11) is 5.93. The fourth-order valence-corrected chi connectivity index (χ4v) is 1.62. The fraction of sp³-hybridized carbons (Fsp3) is 1.00. The standard InChI is InChI=1S/C9H18F2NO/c1-7-9(10,11)5-8(13-7)6-12(2,3)4/h7-8H,5-6H2,1-4H3/q+1/t7-,8+/m0/s1. The van der Waals surface area contributed by atoms with Crippen LogP contribution in [0.1, 0.15) is 13.3 Å². The van der Waals surface area contributed by atoms with E-state index in [0.29, 0.717) is 11.0 Å². The van der Waals surface area contributed by atoms with Crippen molar-refractivity contribution in [1.82, 2.24) is 0 Å². The number of hydrogen-bond acceptors (Lipinski definition) is 1. The Morgan fingerprint density at radius 2 is 1.92 bits per heavy atom. The second kappa shape index (κ2) is 3.17. The Morgan fingerprint density at radius 3 is 2.23 bits per heavy atom. The first-order chi connectivity index (χ1) is 5.71. The zero-order valence-corrected chi connectivity index (χ0v) is 8.68. The van der Waals surface area contributed by atoms with Crippen LogP contribution in [-0.4, -0.2) is 50.3 Å². The molecule has 4 heteroatoms. The summed E-state index contributed by atoms with van der Waals surface area (Å²) in [6, 6.07) is 0. The van der Waals surface area contributed by atoms with Gasteiger partial charge in [0.25, 0.3) is 5.92 Å². The Hall–Kier alpha value is -0.220. The second-order valence-electron chi connectivity index (χ2n) is 4.84. The molecule has 0 bridgehead atoms. The van der Waals surface area contributed by atoms with E-state index in [9.17, 15) is 8.78 Å². The first-order valence-electron chi connectivity index (χ1n) is 4.54. The Kier molecular flexibility index (Phi) is 2.65. The van der Waals surface area contributed by atoms with Gasteiger partial charge in [-0.05, 0) is 6.92 Å². The van der Waals surface area contributed by atoms with Crippen LogP contribution in [0.5, 0.6) is 0 Å². The van der Waals surface area contributed by atoms with E-state index in [2.05, 4.69) is 0 Å². The average molecular weight is 194 g/mol. The quantitative estimate of drug-likeness (QED) is 0.605. The third-order valence-corrected chi connectivity index (χ3v) is 2.24. The van der Waals surface area contributed by atoms with E-state index in [1.807, 2.05) is 21.1 Å². The number of hydrogen-bond donors (Lipinski definition) is 0. The van der Waals surface area contributed by atoms with Crippen LogP contribution in [-0.2, 0) is 4.74 Å². The van der Waals surface area contributed by atoms with Crippen molar-refractivity contribution in [1.29, 1.82) is 0 Å². The van der Waals surface area contributed by atoms with Crippen molar-refractivity contribution in [2.24, 2.45) is 0 Å². The Morgan fingerprint density at radius 1 is 1.38 bits per heavy atom. The largest absolute Gasteiger partial charge is 0.363 e. The van der Waals surface area contributed by atoms with Gasteiger partial charge in [-0.25, -0.2) is 8.78 Å². The number of quaternary nitrogens is 1. The molecule has 78 valence electrons. The number of ether oxygens (including phenoxy) is 1. The van der Waals surface area contributed by atoms with Crippen molar-refractivity contribution in [2.45, 2.75) is 31.5 Å². The van der Waals surface area contributed by atoms with E-state index in [0.717, 1.165) is 0 Å². The molecule has 0 aromatic rings. The molecule has 0 saturated carbocycles. The first kappa shape index (κ1) is 10.9. The van der Waals surface area contributed by atoms with Gasteiger partial charge in [0.2, 0.25) is 0 Å². The van der Waals surface area contributed by atoms with Crippen molar-refractivity contribution in [2.75, 3.05) is 27.7 Å². The molecule has 0 N–H and O–H groups in total. The molecule has 0 aromatic heterocycles. The molecule has 1 fully saturated rings. The molecule has 0 amide bonds. The summed E-state index contributed by atoms with van der Waals surface area (Å²) in [5.41, 5.74) is 0. The van der Waals surface area contributed by atoms with Crippen LogP contribution in [0.2, 0.25) is 0 Å². The van der Waals surface area contributed by atoms with Gasteiger partial charge >= 0.3 is 0 Å². The third-order valence-electron chi connectivity index (χ3n) is 2.24. The molecule has 13 heavy (non-hydrogen) atoms. The highest BCUT2D eigenvalue weighted by Crippen LogP contribution is 2.35. The van der Waals surface area contributed by atoms with Gasteiger partial charge in [0.05, 0.1) is 21.1 Å². The van der Waals surface area contributed by atoms with Crippen LogP contribution in [0.25, 0.3) is 0 Å². The first-order valence-corrected chi connectivity index (χ1v) is 4.54. The third kappa shape index (κ3) is 2.88. The maximum atomic E-state index is 13.0. The monoisotopic (exact) mass is 194 g/mol. The van der Waals surface area contributed by atoms with Crippen molar-refractivity contribution in [3.63, 3.8) is 0 Å². The van der Waals surface area contributed by atoms with Crippen LogP contribution in [0.15, 0.2) is 0 Å². The number of nitrogens with zero attached hydrogens (tertiary/aromatic N) is 1. The number of halogens is 2. The van der Waals surface area contributed by atoms with E-state index in [-0.39, 0.29) is 12.5 Å². The predicted molar refractivity (Wildman–Crippen MR) is 46.8 cm³/mol. The highest BCUT2D eigenvalue weighted by molar-refractivity contribution is 4.86. The lowest BCUT2D eigenvalue weighted by Gasteiger charge is -2.26. The fourth-order valence-electron chi connectivity index (χ4n) is 1.62. The lowest BCUT2D eigenvalue weighted by atomic mass is 10.1. The summed E-state index contributed by atoms with van der Waals surface area (Å²) in [5.74, 6) is -2.64. The van der Waals surface area contributed by atoms with Gasteiger partial charge in [0.1, 0.15) is 18.8 Å². The zero-order valence-electron chi connectivity index (χ0n) is 8.68. The summed E-state index contributed by atoms with van der Waals surface area (Å²) in [6.07, 6.45) is -1.36. The molecule has 1 heterocycles. The van der Waals surface area contributed by atoms with E-state index in [1.165, 1.54) is 6.92 Å². The summed E-state index contributed by atoms with van der Waals surface area (Å²) in [4.78, 5) is 0. The molecule has 2 atom stereocenters. The normalized spacial score (nSPS) is 33.7. The minimum Gasteiger partial charge on any atom is -0.363 e. The minimum absolute atomic E-state index is 0.135. The highest BCUT2D eigenvalue weighted by Gasteiger charge is 2.48. The van der Waals surface area contributed by atoms with Gasteiger partial charge < -0.3 is 9.22 Å². The molecule has 1 aliphatic heterocycles. The minimum atomic E-state index is -2.64. The second-order valence-corrected chi connectivity index (χ2v) is 4.84. The molecule has 0 unspecified atom stereocenters. The van der Waals surface area contributed by atoms with Crippen molar-refractivity contribution in [3.05, 3.63) is 0 Å². The molecular weight excluding hydrogens is 176 g/mol. The molecule has 0 radical (unpaired) electrons. The van der Waals surface area contributed by atoms with Crippen LogP contribution in [0.4, 0.5) is 8.78 Å². The van der Waals surface area contributed by atoms with Gasteiger partial charge in [-0.1, -0.05) is 0 Å². The Labute approximate surface area is 78.1 Å². The van der Waals surface area contributed by atoms with Crippen molar-refractivity contribution in [3.8, 4) is 0 Å². The molecule has 1 aliphatic rings. The van der Waals surface area contributed by atoms with Gasteiger partial charge in [0, 0.05) is 6.42 Å². The molecule has 0 spiro atoms. The number of likely N-dealkylation sites (N-methyl/N-ethyl adjacent to an activating group) is 1. The van der Waals surface area contributed by atoms with Crippen molar-refractivity contribution < 1.29 is 18.0 Å². The van der Waals surface area contributed by atoms with Crippen LogP contribution in [0, 0.1) is 0 Å². The van der Waals surface area contributed by atoms with E-state index >= 15 is 0 Å². The SMILES string of the molecule is C[C@@H]1O[C@@H](C[N+](C)(C)C)CC1(F)F. The Balaban J connectivity index is 2.50.